The lowest BCUT2D eigenvalue weighted by molar-refractivity contribution is -0.110. The predicted octanol–water partition coefficient (Wildman–Crippen LogP) is 2.60. The largest absolute Gasteiger partial charge is 0.341 e. The predicted molar refractivity (Wildman–Crippen MR) is 75.5 cm³/mol. The average molecular weight is 275 g/mol. The average Bonchev–Trinajstić information content (AvgIpc) is 2.42. The number of halogens is 1. The number of hydrogen-bond donors (Lipinski definition) is 2. The van der Waals surface area contributed by atoms with Crippen LogP contribution in [0.1, 0.15) is 0 Å². The Bertz CT molecular complexity index is 587. The second-order valence-electron chi connectivity index (χ2n) is 3.66. The maximum atomic E-state index is 12.7. The Hall–Kier alpha value is -2.34. The first-order valence-electron chi connectivity index (χ1n) is 5.43. The zero-order valence-electron chi connectivity index (χ0n) is 9.76. The Morgan fingerprint density at radius 2 is 1.84 bits per heavy atom. The molecular weight excluding hydrogens is 265 g/mol. The number of hydrogen-bond acceptors (Lipinski definition) is 3. The first kappa shape index (κ1) is 13.1. The van der Waals surface area contributed by atoms with Gasteiger partial charge in [0, 0.05) is 11.9 Å². The zero-order valence-corrected chi connectivity index (χ0v) is 10.6. The number of carbonyl (C=O) groups excluding carboxylic acids is 1. The summed E-state index contributed by atoms with van der Waals surface area (Å²) in [5, 5.41) is 5.32. The van der Waals surface area contributed by atoms with Gasteiger partial charge in [-0.1, -0.05) is 12.2 Å². The highest BCUT2D eigenvalue weighted by Crippen LogP contribution is 2.09. The van der Waals surface area contributed by atoms with Gasteiger partial charge in [-0.25, -0.2) is 4.39 Å². The van der Waals surface area contributed by atoms with Crippen LogP contribution in [0.2, 0.25) is 0 Å². The lowest BCUT2D eigenvalue weighted by Crippen LogP contribution is -2.27. The van der Waals surface area contributed by atoms with E-state index in [1.807, 2.05) is 0 Å². The van der Waals surface area contributed by atoms with Crippen LogP contribution in [0, 0.1) is 5.82 Å². The number of pyridine rings is 1. The van der Waals surface area contributed by atoms with E-state index in [2.05, 4.69) is 15.6 Å². The summed E-state index contributed by atoms with van der Waals surface area (Å²) in [6.45, 7) is 0. The van der Waals surface area contributed by atoms with E-state index in [0.29, 0.717) is 11.4 Å². The fourth-order valence-corrected chi connectivity index (χ4v) is 1.51. The number of nitrogens with one attached hydrogen (secondary N) is 2. The molecule has 1 aromatic heterocycles. The molecule has 19 heavy (non-hydrogen) atoms. The molecule has 0 atom stereocenters. The second-order valence-corrected chi connectivity index (χ2v) is 4.07. The Morgan fingerprint density at radius 1 is 1.11 bits per heavy atom. The first-order chi connectivity index (χ1) is 9.15. The normalized spacial score (nSPS) is 9.74. The molecule has 0 bridgehead atoms. The number of nitrogens with zero attached hydrogens (tertiary/aromatic N) is 1. The minimum Gasteiger partial charge on any atom is -0.341 e. The maximum absolute atomic E-state index is 12.7. The van der Waals surface area contributed by atoms with E-state index in [9.17, 15) is 9.18 Å². The van der Waals surface area contributed by atoms with Crippen LogP contribution in [0.3, 0.4) is 0 Å². The van der Waals surface area contributed by atoms with E-state index in [-0.39, 0.29) is 10.8 Å². The third-order valence-electron chi connectivity index (χ3n) is 2.23. The summed E-state index contributed by atoms with van der Waals surface area (Å²) >= 11 is 4.96. The molecule has 0 aliphatic carbocycles. The summed E-state index contributed by atoms with van der Waals surface area (Å²) in [5.74, 6) is -0.834. The van der Waals surface area contributed by atoms with E-state index in [1.165, 1.54) is 24.3 Å². The summed E-state index contributed by atoms with van der Waals surface area (Å²) < 4.78 is 12.7. The number of anilines is 2. The second kappa shape index (κ2) is 6.01. The van der Waals surface area contributed by atoms with Gasteiger partial charge in [0.1, 0.15) is 5.82 Å². The maximum Gasteiger partial charge on any atom is 0.283 e. The van der Waals surface area contributed by atoms with Gasteiger partial charge in [0.2, 0.25) is 0 Å². The number of aromatic nitrogens is 1. The van der Waals surface area contributed by atoms with Gasteiger partial charge in [0.15, 0.2) is 4.99 Å². The van der Waals surface area contributed by atoms with Crippen LogP contribution in [0.5, 0.6) is 0 Å². The van der Waals surface area contributed by atoms with Crippen LogP contribution < -0.4 is 10.6 Å². The third kappa shape index (κ3) is 3.82. The summed E-state index contributed by atoms with van der Waals surface area (Å²) in [5.41, 5.74) is 1.10. The van der Waals surface area contributed by atoms with E-state index in [4.69, 9.17) is 12.2 Å². The number of rotatable bonds is 2. The molecule has 2 N–H and O–H groups in total. The molecule has 2 rings (SSSR count). The van der Waals surface area contributed by atoms with Crippen molar-refractivity contribution in [3.63, 3.8) is 0 Å². The molecule has 96 valence electrons. The standard InChI is InChI=1S/C13H10FN3OS/c14-9-3-5-10(6-4-9)16-12(18)13(19)17-11-2-1-7-15-8-11/h1-8H,(H,16,18)(H,17,19). The topological polar surface area (TPSA) is 54.0 Å². The number of benzene rings is 1. The van der Waals surface area contributed by atoms with Crippen molar-refractivity contribution >= 4 is 34.5 Å². The zero-order chi connectivity index (χ0) is 13.7. The molecule has 1 amide bonds. The van der Waals surface area contributed by atoms with Crippen LogP contribution >= 0.6 is 12.2 Å². The Labute approximate surface area is 114 Å². The molecule has 1 heterocycles. The van der Waals surface area contributed by atoms with Gasteiger partial charge in [-0.15, -0.1) is 0 Å². The number of thiocarbonyl (C=S) groups is 1. The molecule has 4 nitrogen and oxygen atoms in total. The van der Waals surface area contributed by atoms with Crippen molar-refractivity contribution in [1.82, 2.24) is 4.98 Å². The Morgan fingerprint density at radius 3 is 2.47 bits per heavy atom. The van der Waals surface area contributed by atoms with E-state index in [1.54, 1.807) is 24.5 Å². The van der Waals surface area contributed by atoms with Gasteiger partial charge in [0.25, 0.3) is 5.91 Å². The van der Waals surface area contributed by atoms with Crippen molar-refractivity contribution in [1.29, 1.82) is 0 Å². The van der Waals surface area contributed by atoms with E-state index in [0.717, 1.165) is 0 Å². The molecule has 0 saturated carbocycles. The van der Waals surface area contributed by atoms with E-state index >= 15 is 0 Å². The van der Waals surface area contributed by atoms with Crippen LogP contribution in [0.15, 0.2) is 48.8 Å². The van der Waals surface area contributed by atoms with Crippen LogP contribution in [-0.4, -0.2) is 15.9 Å². The van der Waals surface area contributed by atoms with Gasteiger partial charge < -0.3 is 10.6 Å². The summed E-state index contributed by atoms with van der Waals surface area (Å²) in [6, 6.07) is 8.90. The molecule has 0 fully saturated rings. The van der Waals surface area contributed by atoms with Crippen LogP contribution in [0.4, 0.5) is 15.8 Å². The fraction of sp³-hybridized carbons (Fsp3) is 0. The summed E-state index contributed by atoms with van der Waals surface area (Å²) in [6.07, 6.45) is 3.17. The van der Waals surface area contributed by atoms with Gasteiger partial charge in [0.05, 0.1) is 11.9 Å². The minimum absolute atomic E-state index is 0.0114. The number of carbonyl (C=O) groups is 1. The van der Waals surface area contributed by atoms with Crippen molar-refractivity contribution in [3.05, 3.63) is 54.6 Å². The third-order valence-corrected chi connectivity index (χ3v) is 2.52. The van der Waals surface area contributed by atoms with Crippen molar-refractivity contribution in [3.8, 4) is 0 Å². The molecule has 0 radical (unpaired) electrons. The highest BCUT2D eigenvalue weighted by atomic mass is 32.1. The molecule has 0 unspecified atom stereocenters. The molecule has 2 aromatic rings. The molecule has 0 aliphatic rings. The molecule has 0 spiro atoms. The van der Waals surface area contributed by atoms with Crippen molar-refractivity contribution in [2.75, 3.05) is 10.6 Å². The summed E-state index contributed by atoms with van der Waals surface area (Å²) in [7, 11) is 0. The fourth-order valence-electron chi connectivity index (χ4n) is 1.35. The quantitative estimate of drug-likeness (QED) is 0.827. The lowest BCUT2D eigenvalue weighted by Gasteiger charge is -2.08. The molecule has 6 heteroatoms. The van der Waals surface area contributed by atoms with Gasteiger partial charge in [-0.2, -0.15) is 0 Å². The molecule has 0 saturated heterocycles. The highest BCUT2D eigenvalue weighted by Gasteiger charge is 2.09. The van der Waals surface area contributed by atoms with Crippen LogP contribution in [-0.2, 0) is 4.79 Å². The Kier molecular flexibility index (Phi) is 4.15. The van der Waals surface area contributed by atoms with Crippen molar-refractivity contribution < 1.29 is 9.18 Å². The molecular formula is C13H10FN3OS. The van der Waals surface area contributed by atoms with Crippen LogP contribution in [0.25, 0.3) is 0 Å². The van der Waals surface area contributed by atoms with Crippen molar-refractivity contribution in [2.24, 2.45) is 0 Å². The lowest BCUT2D eigenvalue weighted by atomic mass is 10.3. The molecule has 1 aromatic carbocycles. The molecule has 0 aliphatic heterocycles. The SMILES string of the molecule is O=C(Nc1ccc(F)cc1)C(=S)Nc1cccnc1. The Balaban J connectivity index is 1.96. The van der Waals surface area contributed by atoms with Gasteiger partial charge in [-0.05, 0) is 36.4 Å². The monoisotopic (exact) mass is 275 g/mol. The first-order valence-corrected chi connectivity index (χ1v) is 5.84. The summed E-state index contributed by atoms with van der Waals surface area (Å²) in [4.78, 5) is 15.7. The number of amides is 1. The van der Waals surface area contributed by atoms with Gasteiger partial charge >= 0.3 is 0 Å². The smallest absolute Gasteiger partial charge is 0.283 e. The minimum atomic E-state index is -0.467. The highest BCUT2D eigenvalue weighted by molar-refractivity contribution is 7.82. The van der Waals surface area contributed by atoms with E-state index < -0.39 is 5.91 Å². The van der Waals surface area contributed by atoms with Crippen molar-refractivity contribution in [2.45, 2.75) is 0 Å². The van der Waals surface area contributed by atoms with Gasteiger partial charge in [-0.3, -0.25) is 9.78 Å².